The Morgan fingerprint density at radius 2 is 1.88 bits per heavy atom. The molecular formula is C13H17ClN2O. The summed E-state index contributed by atoms with van der Waals surface area (Å²) in [5.41, 5.74) is 6.51. The standard InChI is InChI=1S/C13H17ClN2O/c14-11-3-1-2-4-12(11)16-13(17)9-5-7-10(15)8-6-9/h1-4,9-10H,5-8,15H2,(H,16,17). The minimum Gasteiger partial charge on any atom is -0.328 e. The molecule has 3 N–H and O–H groups in total. The Morgan fingerprint density at radius 3 is 2.53 bits per heavy atom. The number of carbonyl (C=O) groups excluding carboxylic acids is 1. The van der Waals surface area contributed by atoms with Gasteiger partial charge in [0.25, 0.3) is 0 Å². The Hall–Kier alpha value is -1.06. The second kappa shape index (κ2) is 5.52. The fourth-order valence-electron chi connectivity index (χ4n) is 2.18. The van der Waals surface area contributed by atoms with E-state index in [1.807, 2.05) is 18.2 Å². The molecule has 1 amide bonds. The number of nitrogens with one attached hydrogen (secondary N) is 1. The molecule has 1 aliphatic carbocycles. The highest BCUT2D eigenvalue weighted by atomic mass is 35.5. The van der Waals surface area contributed by atoms with Gasteiger partial charge in [-0.1, -0.05) is 23.7 Å². The third-order valence-corrected chi connectivity index (χ3v) is 3.60. The Bertz CT molecular complexity index is 400. The predicted octanol–water partition coefficient (Wildman–Crippen LogP) is 2.80. The fourth-order valence-corrected chi connectivity index (χ4v) is 2.36. The van der Waals surface area contributed by atoms with Gasteiger partial charge in [-0.15, -0.1) is 0 Å². The van der Waals surface area contributed by atoms with E-state index in [4.69, 9.17) is 17.3 Å². The van der Waals surface area contributed by atoms with Crippen LogP contribution in [0.3, 0.4) is 0 Å². The molecular weight excluding hydrogens is 236 g/mol. The number of carbonyl (C=O) groups is 1. The number of amides is 1. The van der Waals surface area contributed by atoms with Crippen LogP contribution in [-0.2, 0) is 4.79 Å². The molecule has 0 unspecified atom stereocenters. The quantitative estimate of drug-likeness (QED) is 0.850. The van der Waals surface area contributed by atoms with Gasteiger partial charge >= 0.3 is 0 Å². The van der Waals surface area contributed by atoms with Gasteiger partial charge in [0.05, 0.1) is 10.7 Å². The van der Waals surface area contributed by atoms with Crippen LogP contribution < -0.4 is 11.1 Å². The number of halogens is 1. The molecule has 1 fully saturated rings. The second-order valence-corrected chi connectivity index (χ2v) is 4.99. The van der Waals surface area contributed by atoms with E-state index >= 15 is 0 Å². The van der Waals surface area contributed by atoms with Gasteiger partial charge < -0.3 is 11.1 Å². The molecule has 1 aromatic carbocycles. The summed E-state index contributed by atoms with van der Waals surface area (Å²) in [7, 11) is 0. The maximum atomic E-state index is 12.0. The molecule has 0 aromatic heterocycles. The lowest BCUT2D eigenvalue weighted by molar-refractivity contribution is -0.120. The summed E-state index contributed by atoms with van der Waals surface area (Å²) in [6.45, 7) is 0. The van der Waals surface area contributed by atoms with Crippen LogP contribution in [0.4, 0.5) is 5.69 Å². The highest BCUT2D eigenvalue weighted by Crippen LogP contribution is 2.26. The van der Waals surface area contributed by atoms with E-state index in [1.165, 1.54) is 0 Å². The molecule has 0 saturated heterocycles. The first kappa shape index (κ1) is 12.4. The second-order valence-electron chi connectivity index (χ2n) is 4.58. The number of para-hydroxylation sites is 1. The highest BCUT2D eigenvalue weighted by molar-refractivity contribution is 6.33. The Morgan fingerprint density at radius 1 is 1.24 bits per heavy atom. The summed E-state index contributed by atoms with van der Waals surface area (Å²) in [5.74, 6) is 0.135. The maximum Gasteiger partial charge on any atom is 0.227 e. The number of anilines is 1. The van der Waals surface area contributed by atoms with Gasteiger partial charge in [0, 0.05) is 12.0 Å². The van der Waals surface area contributed by atoms with E-state index in [2.05, 4.69) is 5.32 Å². The monoisotopic (exact) mass is 252 g/mol. The third kappa shape index (κ3) is 3.20. The van der Waals surface area contributed by atoms with Gasteiger partial charge in [0.1, 0.15) is 0 Å². The average Bonchev–Trinajstić information content (AvgIpc) is 2.33. The Kier molecular flexibility index (Phi) is 4.02. The van der Waals surface area contributed by atoms with Gasteiger partial charge in [-0.3, -0.25) is 4.79 Å². The van der Waals surface area contributed by atoms with Crippen LogP contribution in [0.5, 0.6) is 0 Å². The largest absolute Gasteiger partial charge is 0.328 e. The van der Waals surface area contributed by atoms with Crippen molar-refractivity contribution < 1.29 is 4.79 Å². The van der Waals surface area contributed by atoms with Crippen molar-refractivity contribution in [2.24, 2.45) is 11.7 Å². The maximum absolute atomic E-state index is 12.0. The van der Waals surface area contributed by atoms with Crippen LogP contribution in [0.15, 0.2) is 24.3 Å². The first-order valence-corrected chi connectivity index (χ1v) is 6.35. The van der Waals surface area contributed by atoms with Crippen molar-refractivity contribution in [1.82, 2.24) is 0 Å². The van der Waals surface area contributed by atoms with Crippen LogP contribution in [0, 0.1) is 5.92 Å². The van der Waals surface area contributed by atoms with Gasteiger partial charge in [0.15, 0.2) is 0 Å². The van der Waals surface area contributed by atoms with E-state index < -0.39 is 0 Å². The molecule has 17 heavy (non-hydrogen) atoms. The molecule has 0 atom stereocenters. The Balaban J connectivity index is 1.95. The average molecular weight is 253 g/mol. The molecule has 0 spiro atoms. The van der Waals surface area contributed by atoms with Gasteiger partial charge in [-0.2, -0.15) is 0 Å². The summed E-state index contributed by atoms with van der Waals surface area (Å²) in [5, 5.41) is 3.46. The number of hydrogen-bond acceptors (Lipinski definition) is 2. The summed E-state index contributed by atoms with van der Waals surface area (Å²) >= 11 is 6.00. The topological polar surface area (TPSA) is 55.1 Å². The summed E-state index contributed by atoms with van der Waals surface area (Å²) in [4.78, 5) is 12.0. The molecule has 3 nitrogen and oxygen atoms in total. The lowest BCUT2D eigenvalue weighted by Crippen LogP contribution is -2.32. The molecule has 0 bridgehead atoms. The number of rotatable bonds is 2. The summed E-state index contributed by atoms with van der Waals surface area (Å²) in [6, 6.07) is 7.55. The molecule has 92 valence electrons. The van der Waals surface area contributed by atoms with Gasteiger partial charge in [0.2, 0.25) is 5.91 Å². The summed E-state index contributed by atoms with van der Waals surface area (Å²) in [6.07, 6.45) is 3.61. The number of benzene rings is 1. The van der Waals surface area contributed by atoms with E-state index in [-0.39, 0.29) is 17.9 Å². The zero-order chi connectivity index (χ0) is 12.3. The van der Waals surface area contributed by atoms with Crippen molar-refractivity contribution in [3.63, 3.8) is 0 Å². The van der Waals surface area contributed by atoms with Crippen LogP contribution >= 0.6 is 11.6 Å². The third-order valence-electron chi connectivity index (χ3n) is 3.27. The SMILES string of the molecule is NC1CCC(C(=O)Nc2ccccc2Cl)CC1. The number of nitrogens with two attached hydrogens (primary N) is 1. The first-order chi connectivity index (χ1) is 8.16. The molecule has 0 aliphatic heterocycles. The normalized spacial score (nSPS) is 24.4. The van der Waals surface area contributed by atoms with Gasteiger partial charge in [-0.25, -0.2) is 0 Å². The zero-order valence-electron chi connectivity index (χ0n) is 9.66. The minimum atomic E-state index is 0.0602. The van der Waals surface area contributed by atoms with Crippen molar-refractivity contribution >= 4 is 23.2 Å². The van der Waals surface area contributed by atoms with E-state index in [1.54, 1.807) is 6.07 Å². The lowest BCUT2D eigenvalue weighted by atomic mass is 9.86. The van der Waals surface area contributed by atoms with E-state index in [0.29, 0.717) is 10.7 Å². The fraction of sp³-hybridized carbons (Fsp3) is 0.462. The van der Waals surface area contributed by atoms with Crippen LogP contribution in [0.2, 0.25) is 5.02 Å². The van der Waals surface area contributed by atoms with Gasteiger partial charge in [-0.05, 0) is 37.8 Å². The summed E-state index contributed by atoms with van der Waals surface area (Å²) < 4.78 is 0. The molecule has 0 heterocycles. The Labute approximate surface area is 106 Å². The molecule has 0 radical (unpaired) electrons. The van der Waals surface area contributed by atoms with Crippen molar-refractivity contribution in [2.75, 3.05) is 5.32 Å². The van der Waals surface area contributed by atoms with Crippen LogP contribution in [0.25, 0.3) is 0 Å². The molecule has 4 heteroatoms. The van der Waals surface area contributed by atoms with Crippen molar-refractivity contribution in [3.05, 3.63) is 29.3 Å². The van der Waals surface area contributed by atoms with E-state index in [9.17, 15) is 4.79 Å². The van der Waals surface area contributed by atoms with E-state index in [0.717, 1.165) is 25.7 Å². The van der Waals surface area contributed by atoms with Crippen LogP contribution in [0.1, 0.15) is 25.7 Å². The van der Waals surface area contributed by atoms with Crippen LogP contribution in [-0.4, -0.2) is 11.9 Å². The molecule has 1 saturated carbocycles. The molecule has 2 rings (SSSR count). The number of hydrogen-bond donors (Lipinski definition) is 2. The smallest absolute Gasteiger partial charge is 0.227 e. The van der Waals surface area contributed by atoms with Crippen molar-refractivity contribution in [1.29, 1.82) is 0 Å². The first-order valence-electron chi connectivity index (χ1n) is 5.98. The van der Waals surface area contributed by atoms with Crippen molar-refractivity contribution in [2.45, 2.75) is 31.7 Å². The highest BCUT2D eigenvalue weighted by Gasteiger charge is 2.24. The lowest BCUT2D eigenvalue weighted by Gasteiger charge is -2.25. The molecule has 1 aliphatic rings. The zero-order valence-corrected chi connectivity index (χ0v) is 10.4. The van der Waals surface area contributed by atoms with Crippen molar-refractivity contribution in [3.8, 4) is 0 Å². The minimum absolute atomic E-state index is 0.0602. The predicted molar refractivity (Wildman–Crippen MR) is 70.0 cm³/mol. The molecule has 1 aromatic rings.